The Kier molecular flexibility index (Phi) is 5.48. The van der Waals surface area contributed by atoms with Crippen LogP contribution in [-0.2, 0) is 0 Å². The Morgan fingerprint density at radius 2 is 1.82 bits per heavy atom. The number of alkyl halides is 1. The highest BCUT2D eigenvalue weighted by molar-refractivity contribution is 9.10. The van der Waals surface area contributed by atoms with E-state index in [2.05, 4.69) is 15.9 Å². The monoisotopic (exact) mass is 300 g/mol. The quantitative estimate of drug-likeness (QED) is 0.596. The number of Topliss-reactive ketones (excluding diaryl/α,β-unsaturated/α-hetero) is 1. The molecule has 0 spiro atoms. The van der Waals surface area contributed by atoms with Crippen molar-refractivity contribution in [1.82, 2.24) is 0 Å². The molecule has 1 aromatic rings. The van der Waals surface area contributed by atoms with E-state index >= 15 is 0 Å². The van der Waals surface area contributed by atoms with Crippen molar-refractivity contribution in [3.63, 3.8) is 0 Å². The molecule has 1 aromatic carbocycles. The zero-order chi connectivity index (χ0) is 12.8. The van der Waals surface area contributed by atoms with Crippen LogP contribution < -0.4 is 9.47 Å². The molecule has 0 radical (unpaired) electrons. The van der Waals surface area contributed by atoms with Crippen molar-refractivity contribution in [3.8, 4) is 11.5 Å². The molecule has 0 aliphatic heterocycles. The number of ether oxygens (including phenoxy) is 2. The minimum atomic E-state index is -0.199. The Balaban J connectivity index is 3.04. The Morgan fingerprint density at radius 3 is 2.35 bits per heavy atom. The van der Waals surface area contributed by atoms with Crippen molar-refractivity contribution < 1.29 is 14.3 Å². The smallest absolute Gasteiger partial charge is 0.176 e. The summed E-state index contributed by atoms with van der Waals surface area (Å²) in [5.41, 5.74) is 0.626. The van der Waals surface area contributed by atoms with Crippen LogP contribution in [0.5, 0.6) is 11.5 Å². The van der Waals surface area contributed by atoms with Gasteiger partial charge < -0.3 is 9.47 Å². The van der Waals surface area contributed by atoms with E-state index in [0.717, 1.165) is 0 Å². The molecule has 0 fully saturated rings. The molecular weight excluding hydrogens is 284 g/mol. The van der Waals surface area contributed by atoms with Gasteiger partial charge in [-0.05, 0) is 39.0 Å². The second-order valence-corrected chi connectivity index (χ2v) is 4.88. The third-order valence-corrected chi connectivity index (χ3v) is 2.61. The first-order valence-electron chi connectivity index (χ1n) is 5.68. The number of benzene rings is 1. The lowest BCUT2D eigenvalue weighted by atomic mass is 10.1. The van der Waals surface area contributed by atoms with Crippen LogP contribution in [0.2, 0.25) is 0 Å². The van der Waals surface area contributed by atoms with Crippen molar-refractivity contribution in [2.24, 2.45) is 0 Å². The average Bonchev–Trinajstić information content (AvgIpc) is 2.31. The number of ketones is 1. The lowest BCUT2D eigenvalue weighted by Gasteiger charge is -2.12. The molecule has 3 nitrogen and oxygen atoms in total. The summed E-state index contributed by atoms with van der Waals surface area (Å²) in [6.45, 7) is 6.73. The van der Waals surface area contributed by atoms with E-state index in [1.54, 1.807) is 25.1 Å². The van der Waals surface area contributed by atoms with Crippen LogP contribution in [0.4, 0.5) is 0 Å². The summed E-state index contributed by atoms with van der Waals surface area (Å²) in [5, 5.41) is 0. The van der Waals surface area contributed by atoms with E-state index in [4.69, 9.17) is 9.47 Å². The van der Waals surface area contributed by atoms with E-state index in [0.29, 0.717) is 30.3 Å². The van der Waals surface area contributed by atoms with Crippen molar-refractivity contribution in [2.75, 3.05) is 13.2 Å². The Hall–Kier alpha value is -1.03. The molecule has 1 rings (SSSR count). The van der Waals surface area contributed by atoms with Crippen LogP contribution in [0.3, 0.4) is 0 Å². The minimum absolute atomic E-state index is 0.0361. The van der Waals surface area contributed by atoms with Gasteiger partial charge in [0.15, 0.2) is 17.3 Å². The van der Waals surface area contributed by atoms with Gasteiger partial charge in [0.2, 0.25) is 0 Å². The second-order valence-electron chi connectivity index (χ2n) is 3.51. The van der Waals surface area contributed by atoms with Crippen molar-refractivity contribution in [2.45, 2.75) is 25.6 Å². The summed E-state index contributed by atoms with van der Waals surface area (Å²) < 4.78 is 10.9. The normalized spacial score (nSPS) is 12.0. The molecular formula is C13H17BrO3. The van der Waals surface area contributed by atoms with E-state index in [1.165, 1.54) is 0 Å². The molecule has 0 N–H and O–H groups in total. The van der Waals surface area contributed by atoms with Gasteiger partial charge in [-0.1, -0.05) is 15.9 Å². The minimum Gasteiger partial charge on any atom is -0.490 e. The van der Waals surface area contributed by atoms with Crippen LogP contribution in [0.25, 0.3) is 0 Å². The van der Waals surface area contributed by atoms with Crippen LogP contribution in [0, 0.1) is 0 Å². The molecule has 4 heteroatoms. The Morgan fingerprint density at radius 1 is 1.24 bits per heavy atom. The van der Waals surface area contributed by atoms with Gasteiger partial charge in [0.05, 0.1) is 18.0 Å². The maximum Gasteiger partial charge on any atom is 0.176 e. The van der Waals surface area contributed by atoms with Crippen LogP contribution >= 0.6 is 15.9 Å². The van der Waals surface area contributed by atoms with E-state index in [-0.39, 0.29) is 10.6 Å². The van der Waals surface area contributed by atoms with Crippen molar-refractivity contribution in [3.05, 3.63) is 23.8 Å². The zero-order valence-electron chi connectivity index (χ0n) is 10.3. The molecule has 0 amide bonds. The number of carbonyl (C=O) groups is 1. The summed E-state index contributed by atoms with van der Waals surface area (Å²) >= 11 is 3.27. The first-order chi connectivity index (χ1) is 8.10. The van der Waals surface area contributed by atoms with Gasteiger partial charge in [0.1, 0.15) is 0 Å². The molecule has 17 heavy (non-hydrogen) atoms. The Labute approximate surface area is 110 Å². The van der Waals surface area contributed by atoms with Gasteiger partial charge in [-0.15, -0.1) is 0 Å². The second kappa shape index (κ2) is 6.64. The average molecular weight is 301 g/mol. The third kappa shape index (κ3) is 3.73. The summed E-state index contributed by atoms with van der Waals surface area (Å²) in [4.78, 5) is 11.6. The molecule has 1 unspecified atom stereocenters. The maximum absolute atomic E-state index is 11.8. The molecule has 0 saturated carbocycles. The van der Waals surface area contributed by atoms with Gasteiger partial charge in [-0.2, -0.15) is 0 Å². The highest BCUT2D eigenvalue weighted by Crippen LogP contribution is 2.29. The lowest BCUT2D eigenvalue weighted by Crippen LogP contribution is -2.10. The van der Waals surface area contributed by atoms with Gasteiger partial charge in [0, 0.05) is 5.56 Å². The largest absolute Gasteiger partial charge is 0.490 e. The molecule has 0 aromatic heterocycles. The summed E-state index contributed by atoms with van der Waals surface area (Å²) in [7, 11) is 0. The summed E-state index contributed by atoms with van der Waals surface area (Å²) in [6, 6.07) is 5.26. The molecule has 0 aliphatic rings. The van der Waals surface area contributed by atoms with Gasteiger partial charge in [0.25, 0.3) is 0 Å². The molecule has 0 saturated heterocycles. The molecule has 0 bridgehead atoms. The standard InChI is InChI=1S/C13H17BrO3/c1-4-16-11-7-6-10(13(15)9(3)14)8-12(11)17-5-2/h6-9H,4-5H2,1-3H3. The van der Waals surface area contributed by atoms with Crippen LogP contribution in [0.1, 0.15) is 31.1 Å². The lowest BCUT2D eigenvalue weighted by molar-refractivity contribution is 0.0995. The number of rotatable bonds is 6. The fraction of sp³-hybridized carbons (Fsp3) is 0.462. The number of hydrogen-bond acceptors (Lipinski definition) is 3. The van der Waals surface area contributed by atoms with E-state index in [9.17, 15) is 4.79 Å². The third-order valence-electron chi connectivity index (χ3n) is 2.19. The summed E-state index contributed by atoms with van der Waals surface area (Å²) in [6.07, 6.45) is 0. The number of carbonyl (C=O) groups excluding carboxylic acids is 1. The zero-order valence-corrected chi connectivity index (χ0v) is 11.9. The highest BCUT2D eigenvalue weighted by atomic mass is 79.9. The first kappa shape index (κ1) is 14.0. The molecule has 0 heterocycles. The molecule has 0 aliphatic carbocycles. The van der Waals surface area contributed by atoms with Crippen LogP contribution in [0.15, 0.2) is 18.2 Å². The van der Waals surface area contributed by atoms with Crippen LogP contribution in [-0.4, -0.2) is 23.8 Å². The van der Waals surface area contributed by atoms with E-state index in [1.807, 2.05) is 13.8 Å². The molecule has 1 atom stereocenters. The predicted octanol–water partition coefficient (Wildman–Crippen LogP) is 3.45. The highest BCUT2D eigenvalue weighted by Gasteiger charge is 2.15. The predicted molar refractivity (Wildman–Crippen MR) is 71.5 cm³/mol. The first-order valence-corrected chi connectivity index (χ1v) is 6.59. The maximum atomic E-state index is 11.8. The van der Waals surface area contributed by atoms with E-state index < -0.39 is 0 Å². The molecule has 94 valence electrons. The number of halogens is 1. The SMILES string of the molecule is CCOc1ccc(C(=O)C(C)Br)cc1OCC. The fourth-order valence-corrected chi connectivity index (χ4v) is 1.70. The fourth-order valence-electron chi connectivity index (χ4n) is 1.43. The van der Waals surface area contributed by atoms with Crippen molar-refractivity contribution in [1.29, 1.82) is 0 Å². The van der Waals surface area contributed by atoms with Gasteiger partial charge in [-0.3, -0.25) is 4.79 Å². The van der Waals surface area contributed by atoms with Gasteiger partial charge >= 0.3 is 0 Å². The number of hydrogen-bond donors (Lipinski definition) is 0. The summed E-state index contributed by atoms with van der Waals surface area (Å²) in [5.74, 6) is 1.33. The van der Waals surface area contributed by atoms with Gasteiger partial charge in [-0.25, -0.2) is 0 Å². The topological polar surface area (TPSA) is 35.5 Å². The Bertz CT molecular complexity index is 388. The van der Waals surface area contributed by atoms with Crippen molar-refractivity contribution >= 4 is 21.7 Å².